The van der Waals surface area contributed by atoms with Crippen LogP contribution in [0.5, 0.6) is 0 Å². The summed E-state index contributed by atoms with van der Waals surface area (Å²) in [5, 5.41) is 5.87. The Hall–Kier alpha value is -2.57. The lowest BCUT2D eigenvalue weighted by molar-refractivity contribution is -0.143. The second-order valence-corrected chi connectivity index (χ2v) is 11.7. The number of carbonyl (C=O) groups is 3. The molecule has 2 N–H and O–H groups in total. The van der Waals surface area contributed by atoms with Gasteiger partial charge in [-0.3, -0.25) is 9.59 Å². The molecule has 0 saturated heterocycles. The zero-order chi connectivity index (χ0) is 28.9. The number of hydrogen-bond donors (Lipinski definition) is 2. The number of benzene rings is 1. The van der Waals surface area contributed by atoms with Crippen LogP contribution in [0, 0.1) is 19.8 Å². The van der Waals surface area contributed by atoms with E-state index in [0.717, 1.165) is 61.6 Å². The van der Waals surface area contributed by atoms with E-state index in [4.69, 9.17) is 4.74 Å². The average molecular weight is 532 g/mol. The summed E-state index contributed by atoms with van der Waals surface area (Å²) in [7, 11) is 0. The van der Waals surface area contributed by atoms with Gasteiger partial charge >= 0.3 is 6.09 Å². The third-order valence-electron chi connectivity index (χ3n) is 6.50. The first-order chi connectivity index (χ1) is 17.8. The lowest BCUT2D eigenvalue weighted by Gasteiger charge is -2.36. The second-order valence-electron chi connectivity index (χ2n) is 11.7. The normalized spacial score (nSPS) is 13.1. The van der Waals surface area contributed by atoms with E-state index in [2.05, 4.69) is 24.5 Å². The van der Waals surface area contributed by atoms with E-state index < -0.39 is 23.8 Å². The van der Waals surface area contributed by atoms with E-state index in [-0.39, 0.29) is 17.7 Å². The van der Waals surface area contributed by atoms with E-state index in [0.29, 0.717) is 13.1 Å². The van der Waals surface area contributed by atoms with Gasteiger partial charge in [-0.2, -0.15) is 0 Å². The smallest absolute Gasteiger partial charge is 0.408 e. The monoisotopic (exact) mass is 531 g/mol. The highest BCUT2D eigenvalue weighted by Gasteiger charge is 2.37. The number of nitrogens with zero attached hydrogens (tertiary/aromatic N) is 1. The minimum absolute atomic E-state index is 0.188. The number of carbonyl (C=O) groups excluding carboxylic acids is 3. The summed E-state index contributed by atoms with van der Waals surface area (Å²) < 4.78 is 5.46. The zero-order valence-corrected chi connectivity index (χ0v) is 25.4. The van der Waals surface area contributed by atoms with Crippen molar-refractivity contribution in [2.75, 3.05) is 13.1 Å². The van der Waals surface area contributed by atoms with Crippen LogP contribution >= 0.6 is 0 Å². The van der Waals surface area contributed by atoms with Crippen LogP contribution in [-0.2, 0) is 14.3 Å². The molecule has 0 aliphatic heterocycles. The van der Waals surface area contributed by atoms with Crippen molar-refractivity contribution in [1.82, 2.24) is 15.5 Å². The Labute approximate surface area is 231 Å². The van der Waals surface area contributed by atoms with Crippen LogP contribution in [0.25, 0.3) is 0 Å². The van der Waals surface area contributed by atoms with Gasteiger partial charge in [-0.15, -0.1) is 0 Å². The van der Waals surface area contributed by atoms with Gasteiger partial charge in [-0.1, -0.05) is 83.6 Å². The molecule has 0 fully saturated rings. The van der Waals surface area contributed by atoms with Gasteiger partial charge in [0.1, 0.15) is 17.7 Å². The molecular formula is C31H53N3O4. The highest BCUT2D eigenvalue weighted by molar-refractivity contribution is 5.92. The summed E-state index contributed by atoms with van der Waals surface area (Å²) in [4.78, 5) is 42.3. The van der Waals surface area contributed by atoms with Gasteiger partial charge in [-0.05, 0) is 64.5 Å². The quantitative estimate of drug-likeness (QED) is 0.249. The van der Waals surface area contributed by atoms with Gasteiger partial charge in [0.15, 0.2) is 0 Å². The molecule has 2 atom stereocenters. The topological polar surface area (TPSA) is 87.7 Å². The molecule has 0 bridgehead atoms. The molecule has 0 radical (unpaired) electrons. The molecule has 0 aliphatic rings. The van der Waals surface area contributed by atoms with Crippen molar-refractivity contribution < 1.29 is 19.1 Å². The number of amides is 3. The number of alkyl carbamates (subject to hydrolysis) is 1. The molecule has 216 valence electrons. The summed E-state index contributed by atoms with van der Waals surface area (Å²) in [6, 6.07) is 4.38. The SMILES string of the molecule is CCCCCCCN(C(=O)C(NC(=O)OC(C)(C)C)C(C)C)C(C(=O)NCCCC)c1ccc(C)cc1C. The fraction of sp³-hybridized carbons (Fsp3) is 0.710. The van der Waals surface area contributed by atoms with E-state index in [1.807, 2.05) is 45.9 Å². The number of nitrogens with one attached hydrogen (secondary N) is 2. The third kappa shape index (κ3) is 11.4. The first kappa shape index (κ1) is 33.5. The highest BCUT2D eigenvalue weighted by atomic mass is 16.6. The van der Waals surface area contributed by atoms with Gasteiger partial charge in [0.25, 0.3) is 0 Å². The van der Waals surface area contributed by atoms with Crippen molar-refractivity contribution in [3.8, 4) is 0 Å². The maximum Gasteiger partial charge on any atom is 0.408 e. The molecule has 1 rings (SSSR count). The van der Waals surface area contributed by atoms with Crippen LogP contribution in [-0.4, -0.2) is 47.5 Å². The van der Waals surface area contributed by atoms with E-state index in [1.165, 1.54) is 0 Å². The minimum Gasteiger partial charge on any atom is -0.444 e. The Kier molecular flexibility index (Phi) is 14.4. The van der Waals surface area contributed by atoms with Crippen molar-refractivity contribution in [2.45, 2.75) is 125 Å². The lowest BCUT2D eigenvalue weighted by atomic mass is 9.94. The molecule has 7 nitrogen and oxygen atoms in total. The molecule has 38 heavy (non-hydrogen) atoms. The summed E-state index contributed by atoms with van der Waals surface area (Å²) in [5.41, 5.74) is 2.19. The highest BCUT2D eigenvalue weighted by Crippen LogP contribution is 2.28. The Morgan fingerprint density at radius 1 is 0.947 bits per heavy atom. The second kappa shape index (κ2) is 16.4. The van der Waals surface area contributed by atoms with Crippen LogP contribution in [0.15, 0.2) is 18.2 Å². The predicted octanol–water partition coefficient (Wildman–Crippen LogP) is 6.61. The Morgan fingerprint density at radius 2 is 1.58 bits per heavy atom. The molecule has 3 amide bonds. The van der Waals surface area contributed by atoms with Crippen LogP contribution in [0.3, 0.4) is 0 Å². The molecule has 1 aromatic carbocycles. The predicted molar refractivity (Wildman–Crippen MR) is 155 cm³/mol. The van der Waals surface area contributed by atoms with Crippen molar-refractivity contribution in [2.24, 2.45) is 5.92 Å². The fourth-order valence-corrected chi connectivity index (χ4v) is 4.45. The zero-order valence-electron chi connectivity index (χ0n) is 25.4. The van der Waals surface area contributed by atoms with Crippen LogP contribution in [0.4, 0.5) is 4.79 Å². The summed E-state index contributed by atoms with van der Waals surface area (Å²) in [5.74, 6) is -0.649. The maximum atomic E-state index is 14.2. The molecule has 2 unspecified atom stereocenters. The maximum absolute atomic E-state index is 14.2. The minimum atomic E-state index is -0.822. The van der Waals surface area contributed by atoms with E-state index in [1.54, 1.807) is 25.7 Å². The van der Waals surface area contributed by atoms with E-state index in [9.17, 15) is 14.4 Å². The standard InChI is InChI=1S/C31H53N3O4/c1-10-12-14-15-16-20-34(29(36)26(22(3)4)33-30(37)38-31(7,8)9)27(28(35)32-19-13-11-2)25-18-17-23(5)21-24(25)6/h17-18,21-22,26-27H,10-16,19-20H2,1-9H3,(H,32,35)(H,33,37). The number of rotatable bonds is 15. The number of aryl methyl sites for hydroxylation is 2. The third-order valence-corrected chi connectivity index (χ3v) is 6.50. The van der Waals surface area contributed by atoms with Gasteiger partial charge in [0.2, 0.25) is 11.8 Å². The molecule has 0 aliphatic carbocycles. The van der Waals surface area contributed by atoms with Crippen molar-refractivity contribution in [3.63, 3.8) is 0 Å². The molecule has 0 aromatic heterocycles. The first-order valence-corrected chi connectivity index (χ1v) is 14.5. The van der Waals surface area contributed by atoms with Gasteiger partial charge < -0.3 is 20.3 Å². The molecule has 7 heteroatoms. The van der Waals surface area contributed by atoms with Gasteiger partial charge in [0, 0.05) is 13.1 Å². The molecule has 0 heterocycles. The fourth-order valence-electron chi connectivity index (χ4n) is 4.45. The number of hydrogen-bond acceptors (Lipinski definition) is 4. The van der Waals surface area contributed by atoms with Gasteiger partial charge in [-0.25, -0.2) is 4.79 Å². The van der Waals surface area contributed by atoms with Crippen LogP contribution in [0.2, 0.25) is 0 Å². The number of ether oxygens (including phenoxy) is 1. The largest absolute Gasteiger partial charge is 0.444 e. The molecule has 0 spiro atoms. The summed E-state index contributed by atoms with van der Waals surface area (Å²) in [6.07, 6.45) is 6.30. The molecule has 0 saturated carbocycles. The Morgan fingerprint density at radius 3 is 2.13 bits per heavy atom. The Bertz CT molecular complexity index is 892. The Balaban J connectivity index is 3.47. The average Bonchev–Trinajstić information content (AvgIpc) is 2.81. The van der Waals surface area contributed by atoms with Gasteiger partial charge in [0.05, 0.1) is 0 Å². The van der Waals surface area contributed by atoms with Crippen molar-refractivity contribution >= 4 is 17.9 Å². The van der Waals surface area contributed by atoms with Crippen molar-refractivity contribution in [3.05, 3.63) is 34.9 Å². The number of unbranched alkanes of at least 4 members (excludes halogenated alkanes) is 5. The van der Waals surface area contributed by atoms with Crippen LogP contribution in [0.1, 0.15) is 116 Å². The molecule has 1 aromatic rings. The van der Waals surface area contributed by atoms with Crippen molar-refractivity contribution in [1.29, 1.82) is 0 Å². The van der Waals surface area contributed by atoms with Crippen LogP contribution < -0.4 is 10.6 Å². The lowest BCUT2D eigenvalue weighted by Crippen LogP contribution is -2.55. The summed E-state index contributed by atoms with van der Waals surface area (Å²) in [6.45, 7) is 18.4. The molecular weight excluding hydrogens is 478 g/mol. The first-order valence-electron chi connectivity index (χ1n) is 14.5. The summed E-state index contributed by atoms with van der Waals surface area (Å²) >= 11 is 0. The van der Waals surface area contributed by atoms with E-state index >= 15 is 0 Å².